The number of carbonyl (C=O) groups is 1. The van der Waals surface area contributed by atoms with Gasteiger partial charge in [-0.25, -0.2) is 0 Å². The molecule has 1 fully saturated rings. The summed E-state index contributed by atoms with van der Waals surface area (Å²) in [5.41, 5.74) is 1.83. The van der Waals surface area contributed by atoms with E-state index in [2.05, 4.69) is 5.32 Å². The fourth-order valence-electron chi connectivity index (χ4n) is 2.90. The van der Waals surface area contributed by atoms with Gasteiger partial charge in [0.15, 0.2) is 0 Å². The monoisotopic (exact) mass is 311 g/mol. The van der Waals surface area contributed by atoms with Crippen molar-refractivity contribution >= 4 is 5.91 Å². The summed E-state index contributed by atoms with van der Waals surface area (Å²) in [6.07, 6.45) is 3.62. The smallest absolute Gasteiger partial charge is 0.221 e. The van der Waals surface area contributed by atoms with E-state index in [4.69, 9.17) is 0 Å². The molecular formula is C19H21NO3. The predicted octanol–water partition coefficient (Wildman–Crippen LogP) is 3.29. The number of hydrogen-bond acceptors (Lipinski definition) is 3. The maximum absolute atomic E-state index is 12.3. The highest BCUT2D eigenvalue weighted by atomic mass is 16.3. The van der Waals surface area contributed by atoms with Crippen LogP contribution in [-0.2, 0) is 4.79 Å². The normalized spacial score (nSPS) is 15.7. The van der Waals surface area contributed by atoms with Gasteiger partial charge in [-0.2, -0.15) is 0 Å². The maximum atomic E-state index is 12.3. The number of hydrogen-bond donors (Lipinski definition) is 3. The van der Waals surface area contributed by atoms with Crippen molar-refractivity contribution in [2.24, 2.45) is 0 Å². The lowest BCUT2D eigenvalue weighted by Crippen LogP contribution is -2.40. The zero-order chi connectivity index (χ0) is 16.2. The third-order valence-corrected chi connectivity index (χ3v) is 4.43. The number of nitrogens with one attached hydrogen (secondary N) is 1. The average molecular weight is 311 g/mol. The number of aromatic hydroxyl groups is 2. The van der Waals surface area contributed by atoms with Crippen LogP contribution in [0.5, 0.6) is 11.5 Å². The molecule has 23 heavy (non-hydrogen) atoms. The van der Waals surface area contributed by atoms with Crippen LogP contribution in [0.3, 0.4) is 0 Å². The van der Waals surface area contributed by atoms with E-state index in [0.29, 0.717) is 12.5 Å². The Morgan fingerprint density at radius 3 is 2.39 bits per heavy atom. The number of rotatable bonds is 5. The second-order valence-electron chi connectivity index (χ2n) is 6.14. The highest BCUT2D eigenvalue weighted by Crippen LogP contribution is 2.31. The third kappa shape index (κ3) is 3.83. The molecule has 2 aromatic carbocycles. The lowest BCUT2D eigenvalue weighted by Gasteiger charge is -2.27. The summed E-state index contributed by atoms with van der Waals surface area (Å²) in [4.78, 5) is 12.3. The van der Waals surface area contributed by atoms with Crippen molar-refractivity contribution in [3.05, 3.63) is 59.7 Å². The van der Waals surface area contributed by atoms with Crippen molar-refractivity contribution < 1.29 is 15.0 Å². The largest absolute Gasteiger partial charge is 0.508 e. The van der Waals surface area contributed by atoms with Gasteiger partial charge in [0, 0.05) is 18.4 Å². The minimum absolute atomic E-state index is 0.0242. The molecule has 4 heteroatoms. The molecule has 1 saturated carbocycles. The summed E-state index contributed by atoms with van der Waals surface area (Å²) in [6.45, 7) is 0. The van der Waals surface area contributed by atoms with Crippen molar-refractivity contribution in [3.8, 4) is 11.5 Å². The Labute approximate surface area is 135 Å². The van der Waals surface area contributed by atoms with Crippen molar-refractivity contribution in [3.63, 3.8) is 0 Å². The quantitative estimate of drug-likeness (QED) is 0.793. The minimum atomic E-state index is -0.150. The summed E-state index contributed by atoms with van der Waals surface area (Å²) in [5, 5.41) is 22.3. The second kappa shape index (κ2) is 6.73. The van der Waals surface area contributed by atoms with Gasteiger partial charge in [0.1, 0.15) is 11.5 Å². The number of phenolic OH excluding ortho intramolecular Hbond substituents is 2. The summed E-state index contributed by atoms with van der Waals surface area (Å²) in [5.74, 6) is 0.256. The van der Waals surface area contributed by atoms with Crippen LogP contribution in [-0.4, -0.2) is 22.2 Å². The zero-order valence-corrected chi connectivity index (χ0v) is 12.9. The van der Waals surface area contributed by atoms with Crippen molar-refractivity contribution in [1.82, 2.24) is 5.32 Å². The molecule has 4 nitrogen and oxygen atoms in total. The Morgan fingerprint density at radius 2 is 1.78 bits per heavy atom. The Balaban J connectivity index is 1.83. The highest BCUT2D eigenvalue weighted by Gasteiger charge is 2.23. The number of carbonyl (C=O) groups excluding carboxylic acids is 1. The van der Waals surface area contributed by atoms with Gasteiger partial charge in [-0.1, -0.05) is 24.3 Å². The molecule has 0 aromatic heterocycles. The first-order valence-electron chi connectivity index (χ1n) is 7.99. The molecular weight excluding hydrogens is 290 g/mol. The zero-order valence-electron chi connectivity index (χ0n) is 12.9. The van der Waals surface area contributed by atoms with Crippen molar-refractivity contribution in [2.75, 3.05) is 0 Å². The van der Waals surface area contributed by atoms with Gasteiger partial charge in [-0.05, 0) is 54.7 Å². The van der Waals surface area contributed by atoms with E-state index in [-0.39, 0.29) is 23.3 Å². The van der Waals surface area contributed by atoms with Crippen LogP contribution in [0.4, 0.5) is 0 Å². The standard InChI is InChI=1S/C19H21NO3/c21-16-9-7-13(8-10-16)18(14-3-1-6-17(22)11-14)12-19(23)20-15-4-2-5-15/h1,3,6-11,15,18,21-22H,2,4-5,12H2,(H,20,23). The average Bonchev–Trinajstić information content (AvgIpc) is 2.50. The third-order valence-electron chi connectivity index (χ3n) is 4.43. The van der Waals surface area contributed by atoms with Gasteiger partial charge >= 0.3 is 0 Å². The lowest BCUT2D eigenvalue weighted by molar-refractivity contribution is -0.122. The van der Waals surface area contributed by atoms with Gasteiger partial charge in [0.25, 0.3) is 0 Å². The molecule has 1 unspecified atom stereocenters. The summed E-state index contributed by atoms with van der Waals surface area (Å²) < 4.78 is 0. The fraction of sp³-hybridized carbons (Fsp3) is 0.316. The molecule has 1 amide bonds. The molecule has 1 aliphatic carbocycles. The molecule has 3 rings (SSSR count). The van der Waals surface area contributed by atoms with E-state index in [1.807, 2.05) is 18.2 Å². The van der Waals surface area contributed by atoms with E-state index in [1.54, 1.807) is 30.3 Å². The topological polar surface area (TPSA) is 69.6 Å². The minimum Gasteiger partial charge on any atom is -0.508 e. The van der Waals surface area contributed by atoms with E-state index in [1.165, 1.54) is 6.42 Å². The Bertz CT molecular complexity index is 677. The van der Waals surface area contributed by atoms with Crippen molar-refractivity contribution in [1.29, 1.82) is 0 Å². The van der Waals surface area contributed by atoms with E-state index < -0.39 is 0 Å². The predicted molar refractivity (Wildman–Crippen MR) is 88.5 cm³/mol. The first-order chi connectivity index (χ1) is 11.1. The van der Waals surface area contributed by atoms with E-state index in [0.717, 1.165) is 24.0 Å². The van der Waals surface area contributed by atoms with Gasteiger partial charge < -0.3 is 15.5 Å². The lowest BCUT2D eigenvalue weighted by atomic mass is 9.87. The molecule has 3 N–H and O–H groups in total. The van der Waals surface area contributed by atoms with Gasteiger partial charge in [-0.3, -0.25) is 4.79 Å². The second-order valence-corrected chi connectivity index (χ2v) is 6.14. The van der Waals surface area contributed by atoms with Gasteiger partial charge in [-0.15, -0.1) is 0 Å². The van der Waals surface area contributed by atoms with Crippen LogP contribution in [0.15, 0.2) is 48.5 Å². The molecule has 0 heterocycles. The number of benzene rings is 2. The van der Waals surface area contributed by atoms with Crippen molar-refractivity contribution in [2.45, 2.75) is 37.6 Å². The van der Waals surface area contributed by atoms with Crippen LogP contribution < -0.4 is 5.32 Å². The summed E-state index contributed by atoms with van der Waals surface area (Å²) in [7, 11) is 0. The summed E-state index contributed by atoms with van der Waals surface area (Å²) >= 11 is 0. The van der Waals surface area contributed by atoms with E-state index >= 15 is 0 Å². The molecule has 0 saturated heterocycles. The first kappa shape index (κ1) is 15.4. The Kier molecular flexibility index (Phi) is 4.51. The fourth-order valence-corrected chi connectivity index (χ4v) is 2.90. The van der Waals surface area contributed by atoms with E-state index in [9.17, 15) is 15.0 Å². The molecule has 1 atom stereocenters. The van der Waals surface area contributed by atoms with Gasteiger partial charge in [0.2, 0.25) is 5.91 Å². The maximum Gasteiger partial charge on any atom is 0.221 e. The molecule has 1 aliphatic rings. The Morgan fingerprint density at radius 1 is 1.04 bits per heavy atom. The molecule has 0 radical (unpaired) electrons. The van der Waals surface area contributed by atoms with Gasteiger partial charge in [0.05, 0.1) is 0 Å². The first-order valence-corrected chi connectivity index (χ1v) is 7.99. The molecule has 0 aliphatic heterocycles. The van der Waals surface area contributed by atoms with Crippen LogP contribution in [0.1, 0.15) is 42.7 Å². The number of amides is 1. The van der Waals surface area contributed by atoms with Crippen LogP contribution in [0, 0.1) is 0 Å². The Hall–Kier alpha value is -2.49. The van der Waals surface area contributed by atoms with Crippen LogP contribution in [0.2, 0.25) is 0 Å². The molecule has 0 bridgehead atoms. The number of phenols is 2. The van der Waals surface area contributed by atoms with Crippen LogP contribution in [0.25, 0.3) is 0 Å². The van der Waals surface area contributed by atoms with Crippen LogP contribution >= 0.6 is 0 Å². The molecule has 0 spiro atoms. The molecule has 120 valence electrons. The molecule has 2 aromatic rings. The highest BCUT2D eigenvalue weighted by molar-refractivity contribution is 5.78. The SMILES string of the molecule is O=C(CC(c1ccc(O)cc1)c1cccc(O)c1)NC1CCC1. The summed E-state index contributed by atoms with van der Waals surface area (Å²) in [6, 6.07) is 14.2.